The summed E-state index contributed by atoms with van der Waals surface area (Å²) in [5, 5.41) is 0.00878. The standard InChI is InChI=1S/C22H42O3S/c1-3-5-7-8-9-10-13-16-20-26-21(17-6-4-2)22(24)25-19-15-12-11-14-18-23/h18,21H,3-17,19-20H2,1-2H3. The van der Waals surface area contributed by atoms with Gasteiger partial charge in [-0.05, 0) is 37.9 Å². The van der Waals surface area contributed by atoms with Crippen LogP contribution in [0.3, 0.4) is 0 Å². The molecule has 0 aromatic rings. The second-order valence-electron chi connectivity index (χ2n) is 7.16. The third-order valence-corrected chi connectivity index (χ3v) is 5.97. The molecule has 0 aliphatic carbocycles. The number of thioether (sulfide) groups is 1. The average Bonchev–Trinajstić information content (AvgIpc) is 2.65. The van der Waals surface area contributed by atoms with Gasteiger partial charge in [0.1, 0.15) is 11.5 Å². The molecule has 0 spiro atoms. The number of ether oxygens (including phenoxy) is 1. The minimum absolute atomic E-state index is 0.00878. The van der Waals surface area contributed by atoms with Crippen LogP contribution in [0.5, 0.6) is 0 Å². The zero-order valence-corrected chi connectivity index (χ0v) is 18.1. The van der Waals surface area contributed by atoms with Crippen LogP contribution in [-0.2, 0) is 14.3 Å². The Labute approximate surface area is 166 Å². The van der Waals surface area contributed by atoms with Gasteiger partial charge >= 0.3 is 5.97 Å². The number of carbonyl (C=O) groups is 2. The zero-order valence-electron chi connectivity index (χ0n) is 17.3. The highest BCUT2D eigenvalue weighted by atomic mass is 32.2. The van der Waals surface area contributed by atoms with Gasteiger partial charge in [0.2, 0.25) is 0 Å². The molecule has 0 aliphatic rings. The minimum Gasteiger partial charge on any atom is -0.465 e. The second kappa shape index (κ2) is 20.8. The van der Waals surface area contributed by atoms with Crippen molar-refractivity contribution in [3.63, 3.8) is 0 Å². The highest BCUT2D eigenvalue weighted by Gasteiger charge is 2.19. The van der Waals surface area contributed by atoms with E-state index in [1.165, 1.54) is 51.4 Å². The fourth-order valence-corrected chi connectivity index (χ4v) is 4.09. The Hall–Kier alpha value is -0.510. The number of carbonyl (C=O) groups excluding carboxylic acids is 2. The van der Waals surface area contributed by atoms with E-state index >= 15 is 0 Å². The van der Waals surface area contributed by atoms with Crippen molar-refractivity contribution in [1.29, 1.82) is 0 Å². The lowest BCUT2D eigenvalue weighted by atomic mass is 10.1. The van der Waals surface area contributed by atoms with E-state index in [4.69, 9.17) is 4.74 Å². The van der Waals surface area contributed by atoms with Gasteiger partial charge in [0, 0.05) is 6.42 Å². The van der Waals surface area contributed by atoms with E-state index in [1.807, 2.05) is 0 Å². The van der Waals surface area contributed by atoms with Crippen LogP contribution in [0, 0.1) is 0 Å². The first-order chi connectivity index (χ1) is 12.8. The predicted molar refractivity (Wildman–Crippen MR) is 114 cm³/mol. The highest BCUT2D eigenvalue weighted by Crippen LogP contribution is 2.21. The SMILES string of the molecule is CCCCCCCCCCSC(CCCC)C(=O)OCCCCCC=O. The minimum atomic E-state index is -0.0293. The Kier molecular flexibility index (Phi) is 20.4. The highest BCUT2D eigenvalue weighted by molar-refractivity contribution is 8.00. The summed E-state index contributed by atoms with van der Waals surface area (Å²) in [5.74, 6) is 1.04. The molecule has 3 nitrogen and oxygen atoms in total. The fourth-order valence-electron chi connectivity index (χ4n) is 2.89. The summed E-state index contributed by atoms with van der Waals surface area (Å²) in [4.78, 5) is 22.6. The van der Waals surface area contributed by atoms with Gasteiger partial charge in [-0.3, -0.25) is 4.79 Å². The third kappa shape index (κ3) is 16.9. The molecule has 0 saturated carbocycles. The number of hydrogen-bond donors (Lipinski definition) is 0. The molecule has 0 aromatic heterocycles. The van der Waals surface area contributed by atoms with Crippen molar-refractivity contribution in [2.45, 2.75) is 115 Å². The lowest BCUT2D eigenvalue weighted by Gasteiger charge is -2.15. The Morgan fingerprint density at radius 2 is 1.46 bits per heavy atom. The first-order valence-corrected chi connectivity index (χ1v) is 12.0. The van der Waals surface area contributed by atoms with Crippen LogP contribution in [0.1, 0.15) is 110 Å². The van der Waals surface area contributed by atoms with Gasteiger partial charge < -0.3 is 9.53 Å². The molecule has 1 unspecified atom stereocenters. The molecule has 0 aliphatic heterocycles. The summed E-state index contributed by atoms with van der Waals surface area (Å²) in [6.45, 7) is 4.92. The van der Waals surface area contributed by atoms with Gasteiger partial charge in [-0.1, -0.05) is 71.6 Å². The molecular weight excluding hydrogens is 344 g/mol. The molecule has 0 amide bonds. The van der Waals surface area contributed by atoms with Crippen LogP contribution in [-0.4, -0.2) is 29.9 Å². The Balaban J connectivity index is 3.78. The van der Waals surface area contributed by atoms with E-state index in [0.29, 0.717) is 13.0 Å². The predicted octanol–water partition coefficient (Wildman–Crippen LogP) is 6.72. The van der Waals surface area contributed by atoms with Gasteiger partial charge in [0.25, 0.3) is 0 Å². The fraction of sp³-hybridized carbons (Fsp3) is 0.909. The third-order valence-electron chi connectivity index (χ3n) is 4.61. The van der Waals surface area contributed by atoms with Crippen LogP contribution in [0.15, 0.2) is 0 Å². The molecule has 4 heteroatoms. The Bertz CT molecular complexity index is 321. The van der Waals surface area contributed by atoms with Crippen molar-refractivity contribution < 1.29 is 14.3 Å². The van der Waals surface area contributed by atoms with Crippen molar-refractivity contribution in [3.8, 4) is 0 Å². The van der Waals surface area contributed by atoms with Gasteiger partial charge in [0.05, 0.1) is 6.61 Å². The maximum absolute atomic E-state index is 12.3. The maximum Gasteiger partial charge on any atom is 0.319 e. The van der Waals surface area contributed by atoms with Crippen LogP contribution < -0.4 is 0 Å². The molecule has 0 fully saturated rings. The number of hydrogen-bond acceptors (Lipinski definition) is 4. The maximum atomic E-state index is 12.3. The van der Waals surface area contributed by atoms with Crippen LogP contribution in [0.2, 0.25) is 0 Å². The molecule has 1 atom stereocenters. The monoisotopic (exact) mass is 386 g/mol. The molecule has 0 heterocycles. The first-order valence-electron chi connectivity index (χ1n) is 11.0. The van der Waals surface area contributed by atoms with Gasteiger partial charge in [-0.25, -0.2) is 0 Å². The molecule has 0 saturated heterocycles. The van der Waals surface area contributed by atoms with E-state index in [2.05, 4.69) is 13.8 Å². The van der Waals surface area contributed by atoms with Crippen molar-refractivity contribution >= 4 is 24.0 Å². The molecule has 26 heavy (non-hydrogen) atoms. The lowest BCUT2D eigenvalue weighted by Crippen LogP contribution is -2.21. The summed E-state index contributed by atoms with van der Waals surface area (Å²) in [7, 11) is 0. The summed E-state index contributed by atoms with van der Waals surface area (Å²) in [6, 6.07) is 0. The van der Waals surface area contributed by atoms with E-state index in [9.17, 15) is 9.59 Å². The lowest BCUT2D eigenvalue weighted by molar-refractivity contribution is -0.143. The van der Waals surface area contributed by atoms with E-state index < -0.39 is 0 Å². The zero-order chi connectivity index (χ0) is 19.3. The van der Waals surface area contributed by atoms with Crippen LogP contribution in [0.4, 0.5) is 0 Å². The van der Waals surface area contributed by atoms with E-state index in [1.54, 1.807) is 11.8 Å². The van der Waals surface area contributed by atoms with E-state index in [0.717, 1.165) is 50.6 Å². The molecule has 154 valence electrons. The number of esters is 1. The van der Waals surface area contributed by atoms with Crippen molar-refractivity contribution in [2.75, 3.05) is 12.4 Å². The summed E-state index contributed by atoms with van der Waals surface area (Å²) in [6.07, 6.45) is 18.0. The summed E-state index contributed by atoms with van der Waals surface area (Å²) < 4.78 is 5.47. The molecular formula is C22H42O3S. The number of aldehydes is 1. The normalized spacial score (nSPS) is 12.1. The van der Waals surface area contributed by atoms with Gasteiger partial charge in [-0.2, -0.15) is 0 Å². The quantitative estimate of drug-likeness (QED) is 0.132. The van der Waals surface area contributed by atoms with Crippen molar-refractivity contribution in [2.24, 2.45) is 0 Å². The Morgan fingerprint density at radius 1 is 0.846 bits per heavy atom. The summed E-state index contributed by atoms with van der Waals surface area (Å²) >= 11 is 1.79. The summed E-state index contributed by atoms with van der Waals surface area (Å²) in [5.41, 5.74) is 0. The average molecular weight is 387 g/mol. The van der Waals surface area contributed by atoms with Crippen LogP contribution >= 0.6 is 11.8 Å². The smallest absolute Gasteiger partial charge is 0.319 e. The van der Waals surface area contributed by atoms with Crippen molar-refractivity contribution in [1.82, 2.24) is 0 Å². The number of unbranched alkanes of at least 4 members (excludes halogenated alkanes) is 11. The van der Waals surface area contributed by atoms with Crippen LogP contribution in [0.25, 0.3) is 0 Å². The number of rotatable bonds is 20. The topological polar surface area (TPSA) is 43.4 Å². The molecule has 0 N–H and O–H groups in total. The van der Waals surface area contributed by atoms with Gasteiger partial charge in [0.15, 0.2) is 0 Å². The first kappa shape index (κ1) is 25.5. The largest absolute Gasteiger partial charge is 0.465 e. The molecule has 0 rings (SSSR count). The second-order valence-corrected chi connectivity index (χ2v) is 8.47. The molecule has 0 radical (unpaired) electrons. The molecule has 0 bridgehead atoms. The van der Waals surface area contributed by atoms with Gasteiger partial charge in [-0.15, -0.1) is 11.8 Å². The van der Waals surface area contributed by atoms with E-state index in [-0.39, 0.29) is 11.2 Å². The van der Waals surface area contributed by atoms with Crippen molar-refractivity contribution in [3.05, 3.63) is 0 Å². The molecule has 0 aromatic carbocycles. The Morgan fingerprint density at radius 3 is 2.12 bits per heavy atom.